The van der Waals surface area contributed by atoms with Gasteiger partial charge in [-0.2, -0.15) is 0 Å². The van der Waals surface area contributed by atoms with Crippen molar-refractivity contribution < 1.29 is 19.1 Å². The molecular weight excluding hydrogens is 276 g/mol. The van der Waals surface area contributed by atoms with Crippen molar-refractivity contribution in [3.63, 3.8) is 0 Å². The molecular formula is C13H18N4O4. The van der Waals surface area contributed by atoms with Crippen molar-refractivity contribution in [1.82, 2.24) is 4.57 Å². The number of carbonyl (C=O) groups is 2. The Morgan fingerprint density at radius 2 is 1.95 bits per heavy atom. The predicted molar refractivity (Wildman–Crippen MR) is 75.0 cm³/mol. The van der Waals surface area contributed by atoms with Crippen LogP contribution in [-0.4, -0.2) is 36.3 Å². The van der Waals surface area contributed by atoms with Crippen molar-refractivity contribution >= 4 is 11.9 Å². The minimum atomic E-state index is -0.503. The number of ether oxygens (including phenoxy) is 2. The quantitative estimate of drug-likeness (QED) is 0.241. The summed E-state index contributed by atoms with van der Waals surface area (Å²) in [5, 5.41) is 3.43. The van der Waals surface area contributed by atoms with E-state index in [9.17, 15) is 9.59 Å². The van der Waals surface area contributed by atoms with Crippen LogP contribution in [0.3, 0.4) is 0 Å². The van der Waals surface area contributed by atoms with Gasteiger partial charge in [-0.3, -0.25) is 0 Å². The van der Waals surface area contributed by atoms with E-state index in [0.29, 0.717) is 25.1 Å². The molecule has 21 heavy (non-hydrogen) atoms. The minimum absolute atomic E-state index is 0.247. The maximum atomic E-state index is 11.9. The van der Waals surface area contributed by atoms with Crippen LogP contribution in [0.1, 0.15) is 41.1 Å². The lowest BCUT2D eigenvalue weighted by Crippen LogP contribution is -2.12. The number of esters is 2. The van der Waals surface area contributed by atoms with Crippen LogP contribution in [0.2, 0.25) is 0 Å². The van der Waals surface area contributed by atoms with Crippen LogP contribution in [0.25, 0.3) is 10.4 Å². The Bertz CT molecular complexity index is 546. The fourth-order valence-corrected chi connectivity index (χ4v) is 1.75. The van der Waals surface area contributed by atoms with Gasteiger partial charge >= 0.3 is 11.9 Å². The Balaban J connectivity index is 2.92. The van der Waals surface area contributed by atoms with E-state index >= 15 is 0 Å². The van der Waals surface area contributed by atoms with Gasteiger partial charge in [-0.05, 0) is 31.9 Å². The molecule has 0 aliphatic rings. The van der Waals surface area contributed by atoms with Gasteiger partial charge in [-0.25, -0.2) is 9.59 Å². The standard InChI is InChI=1S/C13H18N4O4/c1-3-20-12(18)10-8-11(13(19)21-4-2)17(9-10)7-5-6-15-16-14/h8-9H,3-7H2,1-2H3. The largest absolute Gasteiger partial charge is 0.462 e. The Labute approximate surface area is 122 Å². The van der Waals surface area contributed by atoms with Crippen LogP contribution in [0.15, 0.2) is 17.4 Å². The molecule has 1 aromatic heterocycles. The van der Waals surface area contributed by atoms with Gasteiger partial charge in [-0.15, -0.1) is 0 Å². The van der Waals surface area contributed by atoms with Gasteiger partial charge in [0.1, 0.15) is 5.69 Å². The molecule has 1 heterocycles. The van der Waals surface area contributed by atoms with Crippen LogP contribution in [0.5, 0.6) is 0 Å². The van der Waals surface area contributed by atoms with Crippen molar-refractivity contribution in [2.45, 2.75) is 26.8 Å². The second kappa shape index (κ2) is 8.65. The Kier molecular flexibility index (Phi) is 6.83. The van der Waals surface area contributed by atoms with Crippen molar-refractivity contribution in [3.8, 4) is 0 Å². The van der Waals surface area contributed by atoms with E-state index in [-0.39, 0.29) is 18.9 Å². The minimum Gasteiger partial charge on any atom is -0.462 e. The topological polar surface area (TPSA) is 106 Å². The first-order chi connectivity index (χ1) is 10.1. The molecule has 0 aromatic carbocycles. The summed E-state index contributed by atoms with van der Waals surface area (Å²) in [4.78, 5) is 26.2. The highest BCUT2D eigenvalue weighted by Gasteiger charge is 2.18. The number of hydrogen-bond acceptors (Lipinski definition) is 5. The third kappa shape index (κ3) is 4.85. The molecule has 0 fully saturated rings. The fraction of sp³-hybridized carbons (Fsp3) is 0.538. The number of azide groups is 1. The Hall–Kier alpha value is -2.47. The van der Waals surface area contributed by atoms with Gasteiger partial charge in [-0.1, -0.05) is 5.11 Å². The van der Waals surface area contributed by atoms with Gasteiger partial charge in [0, 0.05) is 24.2 Å². The Morgan fingerprint density at radius 1 is 1.29 bits per heavy atom. The molecule has 8 nitrogen and oxygen atoms in total. The van der Waals surface area contributed by atoms with Crippen LogP contribution >= 0.6 is 0 Å². The van der Waals surface area contributed by atoms with Gasteiger partial charge < -0.3 is 14.0 Å². The predicted octanol–water partition coefficient (Wildman–Crippen LogP) is 2.54. The molecule has 0 bridgehead atoms. The van der Waals surface area contributed by atoms with E-state index < -0.39 is 11.9 Å². The highest BCUT2D eigenvalue weighted by Crippen LogP contribution is 2.13. The molecule has 0 saturated heterocycles. The summed E-state index contributed by atoms with van der Waals surface area (Å²) in [5.41, 5.74) is 8.80. The molecule has 114 valence electrons. The molecule has 0 N–H and O–H groups in total. The first kappa shape index (κ1) is 16.6. The van der Waals surface area contributed by atoms with Crippen LogP contribution in [0.4, 0.5) is 0 Å². The zero-order valence-corrected chi connectivity index (χ0v) is 12.1. The first-order valence-electron chi connectivity index (χ1n) is 6.69. The van der Waals surface area contributed by atoms with E-state index in [0.717, 1.165) is 0 Å². The summed E-state index contributed by atoms with van der Waals surface area (Å²) in [6, 6.07) is 1.45. The van der Waals surface area contributed by atoms with Gasteiger partial charge in [0.2, 0.25) is 0 Å². The molecule has 0 amide bonds. The molecule has 1 aromatic rings. The van der Waals surface area contributed by atoms with Gasteiger partial charge in [0.25, 0.3) is 0 Å². The molecule has 8 heteroatoms. The van der Waals surface area contributed by atoms with Crippen LogP contribution in [0, 0.1) is 0 Å². The number of rotatable bonds is 8. The molecule has 0 aliphatic carbocycles. The van der Waals surface area contributed by atoms with E-state index in [1.54, 1.807) is 24.6 Å². The molecule has 0 atom stereocenters. The number of aromatic nitrogens is 1. The highest BCUT2D eigenvalue weighted by molar-refractivity contribution is 5.95. The summed E-state index contributed by atoms with van der Waals surface area (Å²) in [6.45, 7) is 4.67. The summed E-state index contributed by atoms with van der Waals surface area (Å²) >= 11 is 0. The maximum absolute atomic E-state index is 11.9. The highest BCUT2D eigenvalue weighted by atomic mass is 16.5. The number of nitrogens with zero attached hydrogens (tertiary/aromatic N) is 4. The first-order valence-corrected chi connectivity index (χ1v) is 6.69. The maximum Gasteiger partial charge on any atom is 0.354 e. The lowest BCUT2D eigenvalue weighted by atomic mass is 10.3. The third-order valence-electron chi connectivity index (χ3n) is 2.61. The third-order valence-corrected chi connectivity index (χ3v) is 2.61. The summed E-state index contributed by atoms with van der Waals surface area (Å²) in [5.74, 6) is -0.992. The average molecular weight is 294 g/mol. The van der Waals surface area contributed by atoms with Crippen LogP contribution < -0.4 is 0 Å². The van der Waals surface area contributed by atoms with E-state index in [1.165, 1.54) is 6.07 Å². The fourth-order valence-electron chi connectivity index (χ4n) is 1.75. The van der Waals surface area contributed by atoms with E-state index in [1.807, 2.05) is 0 Å². The second-order valence-electron chi connectivity index (χ2n) is 4.06. The normalized spacial score (nSPS) is 9.81. The van der Waals surface area contributed by atoms with E-state index in [2.05, 4.69) is 10.0 Å². The Morgan fingerprint density at radius 3 is 2.57 bits per heavy atom. The average Bonchev–Trinajstić information content (AvgIpc) is 2.88. The van der Waals surface area contributed by atoms with Crippen molar-refractivity contribution in [2.75, 3.05) is 19.8 Å². The zero-order chi connectivity index (χ0) is 15.7. The van der Waals surface area contributed by atoms with Crippen LogP contribution in [-0.2, 0) is 16.0 Å². The second-order valence-corrected chi connectivity index (χ2v) is 4.06. The molecule has 0 spiro atoms. The molecule has 0 radical (unpaired) electrons. The number of carbonyl (C=O) groups excluding carboxylic acids is 2. The van der Waals surface area contributed by atoms with E-state index in [4.69, 9.17) is 15.0 Å². The monoisotopic (exact) mass is 294 g/mol. The molecule has 0 saturated carbocycles. The van der Waals surface area contributed by atoms with Crippen molar-refractivity contribution in [2.24, 2.45) is 5.11 Å². The number of aryl methyl sites for hydroxylation is 1. The summed E-state index contributed by atoms with van der Waals surface area (Å²) < 4.78 is 11.5. The lowest BCUT2D eigenvalue weighted by molar-refractivity contribution is 0.0512. The van der Waals surface area contributed by atoms with Gasteiger partial charge in [0.05, 0.1) is 18.8 Å². The SMILES string of the molecule is CCOC(=O)c1cc(C(=O)OCC)n(CCCN=[N+]=[N-])c1. The lowest BCUT2D eigenvalue weighted by Gasteiger charge is -2.07. The molecule has 1 rings (SSSR count). The van der Waals surface area contributed by atoms with Crippen molar-refractivity contribution in [3.05, 3.63) is 34.0 Å². The summed E-state index contributed by atoms with van der Waals surface area (Å²) in [7, 11) is 0. The zero-order valence-electron chi connectivity index (χ0n) is 12.1. The molecule has 0 aliphatic heterocycles. The van der Waals surface area contributed by atoms with Crippen molar-refractivity contribution in [1.29, 1.82) is 0 Å². The summed E-state index contributed by atoms with van der Waals surface area (Å²) in [6.07, 6.45) is 2.09. The number of hydrogen-bond donors (Lipinski definition) is 0. The molecule has 0 unspecified atom stereocenters. The van der Waals surface area contributed by atoms with Gasteiger partial charge in [0.15, 0.2) is 0 Å². The smallest absolute Gasteiger partial charge is 0.354 e.